The van der Waals surface area contributed by atoms with Crippen LogP contribution < -0.4 is 16.2 Å². The number of nitrogens with one attached hydrogen (secondary N) is 1. The highest BCUT2D eigenvalue weighted by atomic mass is 32.1. The van der Waals surface area contributed by atoms with Crippen LogP contribution in [-0.2, 0) is 16.2 Å². The highest BCUT2D eigenvalue weighted by Gasteiger charge is 2.40. The molecule has 0 unspecified atom stereocenters. The normalized spacial score (nSPS) is 15.4. The van der Waals surface area contributed by atoms with Crippen LogP contribution in [0.25, 0.3) is 101 Å². The number of hydrogen-bond donors (Lipinski definition) is 1. The first-order chi connectivity index (χ1) is 31.8. The van der Waals surface area contributed by atoms with E-state index in [1.54, 1.807) is 0 Å². The molecule has 0 saturated carbocycles. The van der Waals surface area contributed by atoms with Crippen LogP contribution in [0.2, 0.25) is 0 Å². The zero-order valence-corrected chi connectivity index (χ0v) is 40.1. The minimum absolute atomic E-state index is 0.0543. The predicted octanol–water partition coefficient (Wildman–Crippen LogP) is 16.2. The van der Waals surface area contributed by atoms with Gasteiger partial charge in [-0.05, 0) is 117 Å². The molecule has 5 heterocycles. The van der Waals surface area contributed by atoms with Crippen molar-refractivity contribution < 1.29 is 4.42 Å². The van der Waals surface area contributed by atoms with Gasteiger partial charge in [0, 0.05) is 84.7 Å². The first-order valence-electron chi connectivity index (χ1n) is 23.6. The van der Waals surface area contributed by atoms with E-state index >= 15 is 0 Å². The molecule has 14 rings (SSSR count). The van der Waals surface area contributed by atoms with E-state index in [-0.39, 0.29) is 16.2 Å². The summed E-state index contributed by atoms with van der Waals surface area (Å²) in [5.41, 5.74) is 17.4. The van der Waals surface area contributed by atoms with Crippen molar-refractivity contribution in [1.82, 2.24) is 4.57 Å². The van der Waals surface area contributed by atoms with Crippen LogP contribution in [0.1, 0.15) is 78.0 Å². The summed E-state index contributed by atoms with van der Waals surface area (Å²) in [6.07, 6.45) is 2.33. The summed E-state index contributed by atoms with van der Waals surface area (Å²) < 4.78 is 15.3. The van der Waals surface area contributed by atoms with Gasteiger partial charge >= 0.3 is 0 Å². The van der Waals surface area contributed by atoms with Gasteiger partial charge in [0.05, 0.1) is 11.0 Å². The van der Waals surface area contributed by atoms with Gasteiger partial charge in [-0.2, -0.15) is 0 Å². The summed E-state index contributed by atoms with van der Waals surface area (Å²) in [4.78, 5) is 0. The molecular formula is C60H49BN2OS2. The Morgan fingerprint density at radius 1 is 0.606 bits per heavy atom. The van der Waals surface area contributed by atoms with Crippen molar-refractivity contribution in [1.29, 1.82) is 0 Å². The fraction of sp³-hybridized carbons (Fsp3) is 0.200. The Morgan fingerprint density at radius 2 is 1.23 bits per heavy atom. The number of furan rings is 1. The van der Waals surface area contributed by atoms with Crippen LogP contribution in [0.15, 0.2) is 138 Å². The average molecular weight is 889 g/mol. The lowest BCUT2D eigenvalue weighted by Gasteiger charge is -2.42. The van der Waals surface area contributed by atoms with Gasteiger partial charge in [0.1, 0.15) is 11.2 Å². The van der Waals surface area contributed by atoms with E-state index in [1.165, 1.54) is 106 Å². The number of para-hydroxylation sites is 1. The number of fused-ring (bicyclic) bond motifs is 16. The van der Waals surface area contributed by atoms with Crippen LogP contribution in [-0.4, -0.2) is 11.8 Å². The van der Waals surface area contributed by atoms with Gasteiger partial charge in [-0.15, -0.1) is 22.7 Å². The molecule has 6 heteroatoms. The molecule has 8 aromatic carbocycles. The molecule has 66 heavy (non-hydrogen) atoms. The van der Waals surface area contributed by atoms with E-state index in [2.05, 4.69) is 192 Å². The first kappa shape index (κ1) is 38.9. The third-order valence-electron chi connectivity index (χ3n) is 15.6. The second-order valence-electron chi connectivity index (χ2n) is 21.6. The summed E-state index contributed by atoms with van der Waals surface area (Å²) in [6.45, 7) is 16.7. The van der Waals surface area contributed by atoms with Gasteiger partial charge in [-0.1, -0.05) is 127 Å². The van der Waals surface area contributed by atoms with Crippen molar-refractivity contribution in [2.75, 3.05) is 5.32 Å². The van der Waals surface area contributed by atoms with Crippen LogP contribution in [0.3, 0.4) is 0 Å². The number of hydrogen-bond acceptors (Lipinski definition) is 4. The molecule has 4 aromatic heterocycles. The van der Waals surface area contributed by atoms with Crippen molar-refractivity contribution in [3.05, 3.63) is 150 Å². The standard InChI is InChI=1S/C60H49BN2OS2/c1-58(2,3)32-20-22-33(23-21-32)62-44-30-50-37(34-14-9-12-18-48(34)65-50)26-39(44)54-55-56-52(53-36-16-8-11-17-47(36)64-57(53)54)40-27-41-42(60(6,7)25-24-59(41,4)5)29-45(40)63(56)46-31-51-38(28-43(46)61-55)35-15-10-13-19-49(35)66-51/h8-23,26-31,61-62H,24-25H2,1-7H3. The summed E-state index contributed by atoms with van der Waals surface area (Å²) in [7, 11) is 0.781. The molecule has 0 fully saturated rings. The molecule has 3 nitrogen and oxygen atoms in total. The Morgan fingerprint density at radius 3 is 1.92 bits per heavy atom. The maximum Gasteiger partial charge on any atom is 0.198 e. The lowest BCUT2D eigenvalue weighted by Crippen LogP contribution is -2.37. The maximum atomic E-state index is 7.37. The molecule has 1 aliphatic carbocycles. The molecule has 0 spiro atoms. The summed E-state index contributed by atoms with van der Waals surface area (Å²) >= 11 is 3.78. The second-order valence-corrected chi connectivity index (χ2v) is 23.8. The molecular weight excluding hydrogens is 840 g/mol. The van der Waals surface area contributed by atoms with E-state index < -0.39 is 0 Å². The number of thiophene rings is 2. The van der Waals surface area contributed by atoms with Crippen molar-refractivity contribution in [3.8, 4) is 16.8 Å². The maximum absolute atomic E-state index is 7.37. The molecule has 0 saturated heterocycles. The number of nitrogens with zero attached hydrogens (tertiary/aromatic N) is 1. The largest absolute Gasteiger partial charge is 0.455 e. The summed E-state index contributed by atoms with van der Waals surface area (Å²) in [5, 5.41) is 14.2. The van der Waals surface area contributed by atoms with Crippen molar-refractivity contribution in [2.24, 2.45) is 0 Å². The van der Waals surface area contributed by atoms with Gasteiger partial charge in [0.2, 0.25) is 0 Å². The third kappa shape index (κ3) is 5.37. The van der Waals surface area contributed by atoms with E-state index in [0.29, 0.717) is 0 Å². The lowest BCUT2D eigenvalue weighted by molar-refractivity contribution is 0.332. The van der Waals surface area contributed by atoms with Gasteiger partial charge in [-0.25, -0.2) is 0 Å². The molecule has 1 aliphatic heterocycles. The van der Waals surface area contributed by atoms with E-state index in [1.807, 2.05) is 22.7 Å². The van der Waals surface area contributed by atoms with E-state index in [0.717, 1.165) is 53.6 Å². The van der Waals surface area contributed by atoms with Gasteiger partial charge < -0.3 is 14.3 Å². The highest BCUT2D eigenvalue weighted by molar-refractivity contribution is 7.26. The summed E-state index contributed by atoms with van der Waals surface area (Å²) in [5.74, 6) is 0. The van der Waals surface area contributed by atoms with Crippen LogP contribution in [0.4, 0.5) is 11.4 Å². The molecule has 0 amide bonds. The first-order valence-corrected chi connectivity index (χ1v) is 25.2. The van der Waals surface area contributed by atoms with Crippen molar-refractivity contribution >= 4 is 136 Å². The molecule has 0 bridgehead atoms. The lowest BCUT2D eigenvalue weighted by atomic mass is 9.58. The topological polar surface area (TPSA) is 30.1 Å². The van der Waals surface area contributed by atoms with Gasteiger partial charge in [0.15, 0.2) is 7.28 Å². The number of benzene rings is 8. The fourth-order valence-corrected chi connectivity index (χ4v) is 14.2. The van der Waals surface area contributed by atoms with Crippen LogP contribution in [0, 0.1) is 0 Å². The Labute approximate surface area is 392 Å². The molecule has 0 atom stereocenters. The zero-order valence-electron chi connectivity index (χ0n) is 38.5. The van der Waals surface area contributed by atoms with E-state index in [4.69, 9.17) is 4.42 Å². The van der Waals surface area contributed by atoms with Crippen molar-refractivity contribution in [3.63, 3.8) is 0 Å². The van der Waals surface area contributed by atoms with E-state index in [9.17, 15) is 0 Å². The molecule has 2 aliphatic rings. The zero-order chi connectivity index (χ0) is 44.6. The SMILES string of the molecule is CC(C)(C)c1ccc(Nc2cc3sc4ccccc4c3cc2-c2c3c4c(c5cc6c(cc5n4-c4cc5sc7ccccc7c5cc4B3)C(C)(C)CCC6(C)C)c3c2oc2ccccc23)cc1. The minimum Gasteiger partial charge on any atom is -0.455 e. The summed E-state index contributed by atoms with van der Waals surface area (Å²) in [6, 6.07) is 50.8. The fourth-order valence-electron chi connectivity index (χ4n) is 12.0. The Kier molecular flexibility index (Phi) is 7.77. The number of rotatable bonds is 3. The highest BCUT2D eigenvalue weighted by Crippen LogP contribution is 2.53. The molecule has 0 radical (unpaired) electrons. The molecule has 12 aromatic rings. The van der Waals surface area contributed by atoms with Crippen LogP contribution >= 0.6 is 22.7 Å². The quantitative estimate of drug-likeness (QED) is 0.179. The monoisotopic (exact) mass is 888 g/mol. The Hall–Kier alpha value is -6.34. The molecule has 320 valence electrons. The average Bonchev–Trinajstić information content (AvgIpc) is 4.06. The Balaban J connectivity index is 1.17. The minimum atomic E-state index is 0.0543. The predicted molar refractivity (Wildman–Crippen MR) is 289 cm³/mol. The Bertz CT molecular complexity index is 4090. The third-order valence-corrected chi connectivity index (χ3v) is 17.9. The van der Waals surface area contributed by atoms with Gasteiger partial charge in [0.25, 0.3) is 0 Å². The van der Waals surface area contributed by atoms with Crippen molar-refractivity contribution in [2.45, 2.75) is 77.6 Å². The second kappa shape index (κ2) is 13.2. The number of aromatic nitrogens is 1. The van der Waals surface area contributed by atoms with Crippen LogP contribution in [0.5, 0.6) is 0 Å². The number of anilines is 2. The molecule has 1 N–H and O–H groups in total. The van der Waals surface area contributed by atoms with Gasteiger partial charge in [-0.3, -0.25) is 0 Å². The smallest absolute Gasteiger partial charge is 0.198 e.